The van der Waals surface area contributed by atoms with E-state index in [4.69, 9.17) is 0 Å². The Morgan fingerprint density at radius 2 is 1.93 bits per heavy atom. The van der Waals surface area contributed by atoms with Gasteiger partial charge in [-0.25, -0.2) is 9.67 Å². The smallest absolute Gasteiger partial charge is 0.309 e. The molecule has 6 nitrogen and oxygen atoms in total. The lowest BCUT2D eigenvalue weighted by molar-refractivity contribution is -0.137. The van der Waals surface area contributed by atoms with Gasteiger partial charge in [-0.3, -0.25) is 4.79 Å². The molecule has 1 N–H and O–H groups in total. The van der Waals surface area contributed by atoms with Crippen LogP contribution in [0.4, 0.5) is 19.0 Å². The number of thioether (sulfide) groups is 1. The second-order valence-corrected chi connectivity index (χ2v) is 6.48. The molecule has 0 unspecified atom stereocenters. The van der Waals surface area contributed by atoms with Gasteiger partial charge in [-0.2, -0.15) is 23.5 Å². The molecule has 0 radical (unpaired) electrons. The fraction of sp³-hybridized carbons (Fsp3) is 0.111. The lowest BCUT2D eigenvalue weighted by Crippen LogP contribution is -2.18. The van der Waals surface area contributed by atoms with Crippen LogP contribution in [0.2, 0.25) is 0 Å². The predicted molar refractivity (Wildman–Crippen MR) is 96.9 cm³/mol. The standard InChI is InChI=1S/C18H12F3N5OS/c19-18(20,21)13-6-7-16(23-10-13)28-11-15(27)25-17-12(8-22)9-24-26(17)14-4-2-1-3-5-14/h1-7,9-10H,11H2,(H,25,27). The second-order valence-electron chi connectivity index (χ2n) is 5.49. The van der Waals surface area contributed by atoms with Crippen molar-refractivity contribution in [1.29, 1.82) is 5.26 Å². The van der Waals surface area contributed by atoms with E-state index in [1.807, 2.05) is 12.1 Å². The minimum Gasteiger partial charge on any atom is -0.309 e. The van der Waals surface area contributed by atoms with Crippen LogP contribution in [0, 0.1) is 11.3 Å². The Kier molecular flexibility index (Phi) is 5.65. The van der Waals surface area contributed by atoms with Gasteiger partial charge in [0.15, 0.2) is 5.82 Å². The summed E-state index contributed by atoms with van der Waals surface area (Å²) in [5.41, 5.74) is -0.00190. The molecule has 10 heteroatoms. The van der Waals surface area contributed by atoms with E-state index < -0.39 is 17.6 Å². The number of pyridine rings is 1. The molecular weight excluding hydrogens is 391 g/mol. The number of hydrogen-bond donors (Lipinski definition) is 1. The first kappa shape index (κ1) is 19.4. The van der Waals surface area contributed by atoms with Crippen LogP contribution in [0.3, 0.4) is 0 Å². The van der Waals surface area contributed by atoms with Gasteiger partial charge in [0, 0.05) is 6.20 Å². The Hall–Kier alpha value is -3.32. The number of halogens is 3. The third-order valence-electron chi connectivity index (χ3n) is 3.56. The fourth-order valence-corrected chi connectivity index (χ4v) is 2.90. The van der Waals surface area contributed by atoms with Gasteiger partial charge in [0.2, 0.25) is 5.91 Å². The van der Waals surface area contributed by atoms with Gasteiger partial charge in [0.1, 0.15) is 11.6 Å². The molecule has 2 aromatic heterocycles. The maximum atomic E-state index is 12.5. The minimum atomic E-state index is -4.46. The molecule has 3 rings (SSSR count). The third-order valence-corrected chi connectivity index (χ3v) is 4.51. The number of benzene rings is 1. The molecule has 3 aromatic rings. The second kappa shape index (κ2) is 8.14. The van der Waals surface area contributed by atoms with E-state index in [0.29, 0.717) is 5.69 Å². The van der Waals surface area contributed by atoms with Crippen molar-refractivity contribution in [3.63, 3.8) is 0 Å². The number of amides is 1. The van der Waals surface area contributed by atoms with Crippen molar-refractivity contribution in [2.75, 3.05) is 11.1 Å². The van der Waals surface area contributed by atoms with Crippen LogP contribution in [0.25, 0.3) is 5.69 Å². The number of para-hydroxylation sites is 1. The molecule has 0 aliphatic carbocycles. The Bertz CT molecular complexity index is 1010. The molecule has 0 spiro atoms. The summed E-state index contributed by atoms with van der Waals surface area (Å²) < 4.78 is 39.1. The van der Waals surface area contributed by atoms with Gasteiger partial charge in [-0.15, -0.1) is 0 Å². The molecule has 0 aliphatic heterocycles. The zero-order valence-corrected chi connectivity index (χ0v) is 15.0. The molecule has 1 amide bonds. The zero-order chi connectivity index (χ0) is 20.1. The Balaban J connectivity index is 1.69. The van der Waals surface area contributed by atoms with Crippen molar-refractivity contribution in [2.45, 2.75) is 11.2 Å². The van der Waals surface area contributed by atoms with E-state index in [-0.39, 0.29) is 22.2 Å². The quantitative estimate of drug-likeness (QED) is 0.654. The van der Waals surface area contributed by atoms with E-state index >= 15 is 0 Å². The number of alkyl halides is 3. The fourth-order valence-electron chi connectivity index (χ4n) is 2.26. The highest BCUT2D eigenvalue weighted by atomic mass is 32.2. The molecule has 0 fully saturated rings. The van der Waals surface area contributed by atoms with Crippen LogP contribution in [0.5, 0.6) is 0 Å². The number of aromatic nitrogens is 3. The van der Waals surface area contributed by atoms with Crippen molar-refractivity contribution in [3.8, 4) is 11.8 Å². The average Bonchev–Trinajstić information content (AvgIpc) is 3.09. The SMILES string of the molecule is N#Cc1cnn(-c2ccccc2)c1NC(=O)CSc1ccc(C(F)(F)F)cn1. The highest BCUT2D eigenvalue weighted by molar-refractivity contribution is 7.99. The van der Waals surface area contributed by atoms with Gasteiger partial charge in [0.25, 0.3) is 0 Å². The normalized spacial score (nSPS) is 11.1. The number of hydrogen-bond acceptors (Lipinski definition) is 5. The Morgan fingerprint density at radius 1 is 1.18 bits per heavy atom. The molecule has 0 atom stereocenters. The maximum absolute atomic E-state index is 12.5. The van der Waals surface area contributed by atoms with Crippen molar-refractivity contribution < 1.29 is 18.0 Å². The number of anilines is 1. The topological polar surface area (TPSA) is 83.6 Å². The molecule has 142 valence electrons. The molecule has 28 heavy (non-hydrogen) atoms. The first-order valence-corrected chi connectivity index (χ1v) is 8.86. The van der Waals surface area contributed by atoms with Crippen LogP contribution >= 0.6 is 11.8 Å². The van der Waals surface area contributed by atoms with Gasteiger partial charge in [-0.05, 0) is 24.3 Å². The predicted octanol–water partition coefficient (Wildman–Crippen LogP) is 3.89. The van der Waals surface area contributed by atoms with Crippen molar-refractivity contribution in [1.82, 2.24) is 14.8 Å². The van der Waals surface area contributed by atoms with Gasteiger partial charge in [0.05, 0.1) is 28.2 Å². The lowest BCUT2D eigenvalue weighted by Gasteiger charge is -2.10. The molecule has 0 aliphatic rings. The van der Waals surface area contributed by atoms with Crippen LogP contribution in [0.15, 0.2) is 59.9 Å². The summed E-state index contributed by atoms with van der Waals surface area (Å²) in [4.78, 5) is 16.0. The monoisotopic (exact) mass is 403 g/mol. The molecule has 2 heterocycles. The summed E-state index contributed by atoms with van der Waals surface area (Å²) in [5.74, 6) is -0.316. The molecule has 0 saturated carbocycles. The minimum absolute atomic E-state index is 0.0940. The summed E-state index contributed by atoms with van der Waals surface area (Å²) in [6.07, 6.45) is -2.40. The summed E-state index contributed by atoms with van der Waals surface area (Å²) in [6.45, 7) is 0. The number of nitriles is 1. The number of carbonyl (C=O) groups excluding carboxylic acids is 1. The number of carbonyl (C=O) groups is 1. The zero-order valence-electron chi connectivity index (χ0n) is 14.1. The van der Waals surface area contributed by atoms with E-state index in [2.05, 4.69) is 15.4 Å². The van der Waals surface area contributed by atoms with Crippen LogP contribution < -0.4 is 5.32 Å². The summed E-state index contributed by atoms with van der Waals surface area (Å²) in [7, 11) is 0. The third kappa shape index (κ3) is 4.50. The highest BCUT2D eigenvalue weighted by Gasteiger charge is 2.30. The molecule has 0 saturated heterocycles. The van der Waals surface area contributed by atoms with Crippen LogP contribution in [-0.4, -0.2) is 26.4 Å². The van der Waals surface area contributed by atoms with Gasteiger partial charge >= 0.3 is 6.18 Å². The van der Waals surface area contributed by atoms with E-state index in [1.54, 1.807) is 24.3 Å². The van der Waals surface area contributed by atoms with Crippen molar-refractivity contribution in [2.24, 2.45) is 0 Å². The number of rotatable bonds is 5. The molecule has 0 bridgehead atoms. The van der Waals surface area contributed by atoms with E-state index in [9.17, 15) is 23.2 Å². The van der Waals surface area contributed by atoms with Crippen LogP contribution in [0.1, 0.15) is 11.1 Å². The first-order valence-electron chi connectivity index (χ1n) is 7.88. The van der Waals surface area contributed by atoms with Gasteiger partial charge < -0.3 is 5.32 Å². The molecular formula is C18H12F3N5OS. The largest absolute Gasteiger partial charge is 0.417 e. The Labute approximate surface area is 162 Å². The van der Waals surface area contributed by atoms with E-state index in [1.165, 1.54) is 16.9 Å². The summed E-state index contributed by atoms with van der Waals surface area (Å²) in [5, 5.41) is 16.2. The maximum Gasteiger partial charge on any atom is 0.417 e. The highest BCUT2D eigenvalue weighted by Crippen LogP contribution is 2.29. The number of nitrogens with zero attached hydrogens (tertiary/aromatic N) is 4. The molecule has 1 aromatic carbocycles. The van der Waals surface area contributed by atoms with Crippen molar-refractivity contribution in [3.05, 3.63) is 66.0 Å². The van der Waals surface area contributed by atoms with E-state index in [0.717, 1.165) is 24.0 Å². The summed E-state index contributed by atoms with van der Waals surface area (Å²) >= 11 is 0.982. The number of nitrogens with one attached hydrogen (secondary N) is 1. The average molecular weight is 403 g/mol. The van der Waals surface area contributed by atoms with Crippen LogP contribution in [-0.2, 0) is 11.0 Å². The Morgan fingerprint density at radius 3 is 2.54 bits per heavy atom. The van der Waals surface area contributed by atoms with Crippen molar-refractivity contribution >= 4 is 23.5 Å². The first-order chi connectivity index (χ1) is 13.4. The summed E-state index contributed by atoms with van der Waals surface area (Å²) in [6, 6.07) is 13.0. The lowest BCUT2D eigenvalue weighted by atomic mass is 10.3. The van der Waals surface area contributed by atoms with Gasteiger partial charge in [-0.1, -0.05) is 30.0 Å².